The van der Waals surface area contributed by atoms with Gasteiger partial charge in [-0.2, -0.15) is 11.8 Å². The van der Waals surface area contributed by atoms with Gasteiger partial charge in [0.25, 0.3) is 0 Å². The number of nitrogens with two attached hydrogens (primary N) is 1. The van der Waals surface area contributed by atoms with Gasteiger partial charge in [0.15, 0.2) is 0 Å². The summed E-state index contributed by atoms with van der Waals surface area (Å²) in [6, 6.07) is 2.14. The second-order valence-corrected chi connectivity index (χ2v) is 5.69. The Morgan fingerprint density at radius 3 is 2.50 bits per heavy atom. The van der Waals surface area contributed by atoms with E-state index in [-0.39, 0.29) is 0 Å². The summed E-state index contributed by atoms with van der Waals surface area (Å²) in [5, 5.41) is 0. The second-order valence-electron chi connectivity index (χ2n) is 4.70. The highest BCUT2D eigenvalue weighted by Gasteiger charge is 2.38. The zero-order chi connectivity index (χ0) is 9.97. The van der Waals surface area contributed by atoms with Gasteiger partial charge in [0, 0.05) is 18.1 Å². The first-order valence-electron chi connectivity index (χ1n) is 5.81. The maximum Gasteiger partial charge on any atom is 0.0113 e. The van der Waals surface area contributed by atoms with Crippen LogP contribution in [0, 0.1) is 0 Å². The fourth-order valence-corrected chi connectivity index (χ4v) is 3.49. The van der Waals surface area contributed by atoms with Crippen LogP contribution in [0.4, 0.5) is 0 Å². The Labute approximate surface area is 91.6 Å². The van der Waals surface area contributed by atoms with Crippen LogP contribution in [0.1, 0.15) is 32.1 Å². The zero-order valence-electron chi connectivity index (χ0n) is 9.11. The van der Waals surface area contributed by atoms with Crippen molar-refractivity contribution in [2.45, 2.75) is 50.2 Å². The minimum atomic E-state index is 0.490. The lowest BCUT2D eigenvalue weighted by Gasteiger charge is -2.37. The summed E-state index contributed by atoms with van der Waals surface area (Å²) in [7, 11) is 0. The lowest BCUT2D eigenvalue weighted by Crippen LogP contribution is -2.47. The molecule has 2 heterocycles. The Morgan fingerprint density at radius 2 is 1.93 bits per heavy atom. The Bertz CT molecular complexity index is 172. The average molecular weight is 214 g/mol. The molecule has 0 saturated carbocycles. The van der Waals surface area contributed by atoms with E-state index >= 15 is 0 Å². The fourth-order valence-electron chi connectivity index (χ4n) is 3.07. The van der Waals surface area contributed by atoms with E-state index in [4.69, 9.17) is 5.73 Å². The molecule has 2 saturated heterocycles. The summed E-state index contributed by atoms with van der Waals surface area (Å²) in [6.07, 6.45) is 8.84. The first kappa shape index (κ1) is 10.8. The van der Waals surface area contributed by atoms with Crippen LogP contribution in [0.25, 0.3) is 0 Å². The SMILES string of the molecule is CSCCCN1C2CCC1CC(N)C2. The van der Waals surface area contributed by atoms with E-state index in [1.807, 2.05) is 11.8 Å². The molecule has 0 aromatic heterocycles. The molecule has 0 spiro atoms. The summed E-state index contributed by atoms with van der Waals surface area (Å²) in [5.74, 6) is 1.31. The Morgan fingerprint density at radius 1 is 1.29 bits per heavy atom. The second kappa shape index (κ2) is 4.86. The van der Waals surface area contributed by atoms with Crippen molar-refractivity contribution < 1.29 is 0 Å². The number of piperidine rings is 1. The summed E-state index contributed by atoms with van der Waals surface area (Å²) in [6.45, 7) is 1.31. The van der Waals surface area contributed by atoms with Crippen molar-refractivity contribution in [3.8, 4) is 0 Å². The molecule has 2 unspecified atom stereocenters. The lowest BCUT2D eigenvalue weighted by molar-refractivity contribution is 0.128. The highest BCUT2D eigenvalue weighted by molar-refractivity contribution is 7.98. The predicted octanol–water partition coefficient (Wildman–Crippen LogP) is 1.69. The monoisotopic (exact) mass is 214 g/mol. The molecule has 2 fully saturated rings. The van der Waals surface area contributed by atoms with E-state index in [1.54, 1.807) is 0 Å². The van der Waals surface area contributed by atoms with Crippen LogP contribution < -0.4 is 5.73 Å². The molecule has 0 aliphatic carbocycles. The van der Waals surface area contributed by atoms with Crippen LogP contribution in [0.5, 0.6) is 0 Å². The highest BCUT2D eigenvalue weighted by Crippen LogP contribution is 2.34. The molecule has 2 atom stereocenters. The first-order chi connectivity index (χ1) is 6.81. The van der Waals surface area contributed by atoms with Gasteiger partial charge in [0.2, 0.25) is 0 Å². The van der Waals surface area contributed by atoms with Gasteiger partial charge in [-0.25, -0.2) is 0 Å². The van der Waals surface area contributed by atoms with Gasteiger partial charge in [0.1, 0.15) is 0 Å². The first-order valence-corrected chi connectivity index (χ1v) is 7.21. The van der Waals surface area contributed by atoms with Crippen molar-refractivity contribution in [1.82, 2.24) is 4.90 Å². The van der Waals surface area contributed by atoms with Crippen LogP contribution in [-0.4, -0.2) is 41.6 Å². The van der Waals surface area contributed by atoms with Gasteiger partial charge in [-0.05, 0) is 50.7 Å². The van der Waals surface area contributed by atoms with E-state index in [0.29, 0.717) is 6.04 Å². The van der Waals surface area contributed by atoms with Crippen LogP contribution in [0.2, 0.25) is 0 Å². The van der Waals surface area contributed by atoms with Gasteiger partial charge >= 0.3 is 0 Å². The van der Waals surface area contributed by atoms with Gasteiger partial charge < -0.3 is 5.73 Å². The van der Waals surface area contributed by atoms with Crippen molar-refractivity contribution in [1.29, 1.82) is 0 Å². The molecule has 0 aromatic rings. The normalized spacial score (nSPS) is 37.7. The molecule has 3 heteroatoms. The van der Waals surface area contributed by atoms with Crippen LogP contribution in [0.15, 0.2) is 0 Å². The van der Waals surface area contributed by atoms with Gasteiger partial charge in [-0.1, -0.05) is 0 Å². The number of hydrogen-bond donors (Lipinski definition) is 1. The largest absolute Gasteiger partial charge is 0.328 e. The quantitative estimate of drug-likeness (QED) is 0.722. The molecule has 0 radical (unpaired) electrons. The topological polar surface area (TPSA) is 29.3 Å². The summed E-state index contributed by atoms with van der Waals surface area (Å²) >= 11 is 1.96. The zero-order valence-corrected chi connectivity index (χ0v) is 9.93. The molecular weight excluding hydrogens is 192 g/mol. The molecule has 2 bridgehead atoms. The van der Waals surface area contributed by atoms with Crippen LogP contribution in [-0.2, 0) is 0 Å². The third-order valence-corrected chi connectivity index (χ3v) is 4.38. The highest BCUT2D eigenvalue weighted by atomic mass is 32.2. The number of nitrogens with zero attached hydrogens (tertiary/aromatic N) is 1. The molecule has 0 aromatic carbocycles. The Balaban J connectivity index is 1.82. The van der Waals surface area contributed by atoms with Crippen molar-refractivity contribution in [3.63, 3.8) is 0 Å². The number of fused-ring (bicyclic) bond motifs is 2. The van der Waals surface area contributed by atoms with Crippen molar-refractivity contribution in [3.05, 3.63) is 0 Å². The molecule has 2 rings (SSSR count). The van der Waals surface area contributed by atoms with Crippen LogP contribution >= 0.6 is 11.8 Å². The van der Waals surface area contributed by atoms with E-state index < -0.39 is 0 Å². The predicted molar refractivity (Wildman–Crippen MR) is 63.7 cm³/mol. The smallest absolute Gasteiger partial charge is 0.0113 e. The lowest BCUT2D eigenvalue weighted by atomic mass is 9.98. The van der Waals surface area contributed by atoms with E-state index in [2.05, 4.69) is 11.2 Å². The maximum atomic E-state index is 6.04. The van der Waals surface area contributed by atoms with Crippen molar-refractivity contribution in [2.75, 3.05) is 18.6 Å². The van der Waals surface area contributed by atoms with Gasteiger partial charge in [-0.15, -0.1) is 0 Å². The molecule has 2 aliphatic heterocycles. The van der Waals surface area contributed by atoms with E-state index in [0.717, 1.165) is 12.1 Å². The Hall–Kier alpha value is 0.270. The summed E-state index contributed by atoms with van der Waals surface area (Å²) < 4.78 is 0. The van der Waals surface area contributed by atoms with Gasteiger partial charge in [0.05, 0.1) is 0 Å². The molecule has 82 valence electrons. The fraction of sp³-hybridized carbons (Fsp3) is 1.00. The standard InChI is InChI=1S/C11H22N2S/c1-14-6-2-5-13-10-3-4-11(13)8-9(12)7-10/h9-11H,2-8,12H2,1H3. The molecular formula is C11H22N2S. The molecule has 2 nitrogen and oxygen atoms in total. The number of thioether (sulfide) groups is 1. The molecule has 14 heavy (non-hydrogen) atoms. The summed E-state index contributed by atoms with van der Waals surface area (Å²) in [4.78, 5) is 2.74. The van der Waals surface area contributed by atoms with Crippen molar-refractivity contribution >= 4 is 11.8 Å². The molecule has 2 aliphatic rings. The third kappa shape index (κ3) is 2.26. The number of rotatable bonds is 4. The summed E-state index contributed by atoms with van der Waals surface area (Å²) in [5.41, 5.74) is 6.04. The Kier molecular flexibility index (Phi) is 3.74. The van der Waals surface area contributed by atoms with Gasteiger partial charge in [-0.3, -0.25) is 4.90 Å². The van der Waals surface area contributed by atoms with Crippen LogP contribution in [0.3, 0.4) is 0 Å². The van der Waals surface area contributed by atoms with E-state index in [1.165, 1.54) is 44.4 Å². The van der Waals surface area contributed by atoms with Crippen molar-refractivity contribution in [2.24, 2.45) is 5.73 Å². The average Bonchev–Trinajstić information content (AvgIpc) is 2.42. The molecule has 0 amide bonds. The third-order valence-electron chi connectivity index (χ3n) is 3.69. The minimum Gasteiger partial charge on any atom is -0.328 e. The number of hydrogen-bond acceptors (Lipinski definition) is 3. The molecule has 2 N–H and O–H groups in total. The minimum absolute atomic E-state index is 0.490. The maximum absolute atomic E-state index is 6.04. The van der Waals surface area contributed by atoms with E-state index in [9.17, 15) is 0 Å².